The number of aliphatic hydroxyl groups is 1. The second-order valence-corrected chi connectivity index (χ2v) is 2.15. The first-order valence-corrected chi connectivity index (χ1v) is 2.49. The van der Waals surface area contributed by atoms with Crippen LogP contribution < -0.4 is 5.32 Å². The molecule has 0 amide bonds. The zero-order chi connectivity index (χ0) is 5.33. The van der Waals surface area contributed by atoms with Crippen LogP contribution in [0.1, 0.15) is 6.42 Å². The van der Waals surface area contributed by atoms with Crippen LogP contribution in [0, 0.1) is 6.92 Å². The summed E-state index contributed by atoms with van der Waals surface area (Å²) in [5.74, 6) is 0. The number of hydrogen-bond donors (Lipinski definition) is 2. The van der Waals surface area contributed by atoms with Gasteiger partial charge in [-0.1, -0.05) is 0 Å². The molecule has 0 aromatic heterocycles. The van der Waals surface area contributed by atoms with Crippen LogP contribution in [0.5, 0.6) is 0 Å². The third-order valence-corrected chi connectivity index (χ3v) is 1.22. The third kappa shape index (κ3) is 1.14. The first-order chi connectivity index (χ1) is 3.21. The van der Waals surface area contributed by atoms with E-state index >= 15 is 0 Å². The van der Waals surface area contributed by atoms with Crippen molar-refractivity contribution in [3.05, 3.63) is 6.92 Å². The average molecular weight is 100 g/mol. The van der Waals surface area contributed by atoms with E-state index in [1.54, 1.807) is 0 Å². The predicted molar refractivity (Wildman–Crippen MR) is 27.8 cm³/mol. The Morgan fingerprint density at radius 1 is 1.71 bits per heavy atom. The summed E-state index contributed by atoms with van der Waals surface area (Å²) in [4.78, 5) is 0. The van der Waals surface area contributed by atoms with E-state index in [1.165, 1.54) is 0 Å². The van der Waals surface area contributed by atoms with Gasteiger partial charge in [-0.3, -0.25) is 0 Å². The van der Waals surface area contributed by atoms with Crippen molar-refractivity contribution in [1.29, 1.82) is 0 Å². The van der Waals surface area contributed by atoms with Gasteiger partial charge in [0, 0.05) is 6.54 Å². The zero-order valence-electron chi connectivity index (χ0n) is 4.28. The van der Waals surface area contributed by atoms with Crippen LogP contribution in [-0.4, -0.2) is 23.8 Å². The van der Waals surface area contributed by atoms with Crippen molar-refractivity contribution >= 4 is 0 Å². The summed E-state index contributed by atoms with van der Waals surface area (Å²) < 4.78 is 0. The molecule has 1 unspecified atom stereocenters. The van der Waals surface area contributed by atoms with Gasteiger partial charge in [0.1, 0.15) is 0 Å². The Kier molecular flexibility index (Phi) is 1.05. The Labute approximate surface area is 43.5 Å². The fraction of sp³-hybridized carbons (Fsp3) is 0.800. The van der Waals surface area contributed by atoms with Crippen molar-refractivity contribution in [2.45, 2.75) is 12.0 Å². The lowest BCUT2D eigenvalue weighted by molar-refractivity contribution is 0.110. The van der Waals surface area contributed by atoms with Gasteiger partial charge in [-0.2, -0.15) is 0 Å². The van der Waals surface area contributed by atoms with Crippen molar-refractivity contribution in [1.82, 2.24) is 5.32 Å². The molecular weight excluding hydrogens is 90.1 g/mol. The van der Waals surface area contributed by atoms with Gasteiger partial charge in [0.05, 0.1) is 5.60 Å². The maximum Gasteiger partial charge on any atom is 0.0784 e. The molecule has 0 bridgehead atoms. The van der Waals surface area contributed by atoms with Gasteiger partial charge in [0.25, 0.3) is 0 Å². The van der Waals surface area contributed by atoms with Crippen molar-refractivity contribution < 1.29 is 5.11 Å². The van der Waals surface area contributed by atoms with E-state index in [0.717, 1.165) is 13.0 Å². The average Bonchev–Trinajstić information content (AvgIpc) is 1.84. The third-order valence-electron chi connectivity index (χ3n) is 1.22. The fourth-order valence-corrected chi connectivity index (χ4v) is 0.731. The van der Waals surface area contributed by atoms with E-state index in [1.807, 2.05) is 0 Å². The van der Waals surface area contributed by atoms with Gasteiger partial charge >= 0.3 is 0 Å². The van der Waals surface area contributed by atoms with Crippen molar-refractivity contribution in [2.75, 3.05) is 13.1 Å². The number of β-amino-alcohol motifs (C(OH)–C–C–N with tert-alkyl or cyclic N) is 1. The summed E-state index contributed by atoms with van der Waals surface area (Å²) in [6.07, 6.45) is 0.785. The predicted octanol–water partition coefficient (Wildman–Crippen LogP) is -0.455. The number of hydrogen-bond acceptors (Lipinski definition) is 2. The Morgan fingerprint density at radius 2 is 2.43 bits per heavy atom. The highest BCUT2D eigenvalue weighted by atomic mass is 16.3. The molecule has 1 radical (unpaired) electrons. The van der Waals surface area contributed by atoms with Crippen LogP contribution in [0.2, 0.25) is 0 Å². The second kappa shape index (κ2) is 1.46. The van der Waals surface area contributed by atoms with Crippen LogP contribution in [0.3, 0.4) is 0 Å². The Balaban J connectivity index is 2.40. The first-order valence-electron chi connectivity index (χ1n) is 2.49. The van der Waals surface area contributed by atoms with Crippen LogP contribution in [-0.2, 0) is 0 Å². The molecule has 41 valence electrons. The van der Waals surface area contributed by atoms with Crippen LogP contribution in [0.25, 0.3) is 0 Å². The van der Waals surface area contributed by atoms with Gasteiger partial charge < -0.3 is 10.4 Å². The van der Waals surface area contributed by atoms with Crippen LogP contribution in [0.15, 0.2) is 0 Å². The smallest absolute Gasteiger partial charge is 0.0784 e. The molecule has 0 spiro atoms. The van der Waals surface area contributed by atoms with Gasteiger partial charge in [0.2, 0.25) is 0 Å². The first kappa shape index (κ1) is 5.06. The summed E-state index contributed by atoms with van der Waals surface area (Å²) in [6, 6.07) is 0. The summed E-state index contributed by atoms with van der Waals surface area (Å²) in [6.45, 7) is 5.11. The summed E-state index contributed by atoms with van der Waals surface area (Å²) in [5, 5.41) is 12.0. The van der Waals surface area contributed by atoms with E-state index in [4.69, 9.17) is 5.11 Å². The monoisotopic (exact) mass is 100 g/mol. The Hall–Kier alpha value is -0.0800. The van der Waals surface area contributed by atoms with Crippen LogP contribution in [0.4, 0.5) is 0 Å². The molecule has 1 rings (SSSR count). The maximum absolute atomic E-state index is 9.02. The second-order valence-electron chi connectivity index (χ2n) is 2.15. The molecule has 0 saturated carbocycles. The van der Waals surface area contributed by atoms with Crippen molar-refractivity contribution in [2.24, 2.45) is 0 Å². The molecule has 1 heterocycles. The minimum absolute atomic E-state index is 0.646. The highest BCUT2D eigenvalue weighted by molar-refractivity contribution is 4.89. The SMILES string of the molecule is [CH2]C1(O)CCNC1. The minimum atomic E-state index is -0.667. The molecule has 0 aromatic rings. The molecule has 2 heteroatoms. The van der Waals surface area contributed by atoms with Gasteiger partial charge in [-0.15, -0.1) is 0 Å². The molecule has 1 aliphatic heterocycles. The normalized spacial score (nSPS) is 42.0. The lowest BCUT2D eigenvalue weighted by Gasteiger charge is -2.11. The lowest BCUT2D eigenvalue weighted by atomic mass is 10.1. The molecule has 1 saturated heterocycles. The van der Waals surface area contributed by atoms with E-state index in [9.17, 15) is 0 Å². The standard InChI is InChI=1S/C5H10NO/c1-5(7)2-3-6-4-5/h6-7H,1-4H2. The van der Waals surface area contributed by atoms with Gasteiger partial charge in [-0.05, 0) is 19.9 Å². The zero-order valence-corrected chi connectivity index (χ0v) is 4.28. The highest BCUT2D eigenvalue weighted by Crippen LogP contribution is 2.10. The Bertz CT molecular complexity index is 62.5. The Morgan fingerprint density at radius 3 is 2.57 bits per heavy atom. The van der Waals surface area contributed by atoms with Crippen LogP contribution >= 0.6 is 0 Å². The molecule has 2 nitrogen and oxygen atoms in total. The van der Waals surface area contributed by atoms with E-state index in [-0.39, 0.29) is 0 Å². The van der Waals surface area contributed by atoms with Crippen molar-refractivity contribution in [3.63, 3.8) is 0 Å². The largest absolute Gasteiger partial charge is 0.389 e. The molecule has 1 aliphatic rings. The van der Waals surface area contributed by atoms with E-state index in [2.05, 4.69) is 12.2 Å². The van der Waals surface area contributed by atoms with Gasteiger partial charge in [-0.25, -0.2) is 0 Å². The molecule has 1 fully saturated rings. The molecule has 0 aliphatic carbocycles. The molecule has 1 atom stereocenters. The highest BCUT2D eigenvalue weighted by Gasteiger charge is 2.24. The van der Waals surface area contributed by atoms with Crippen molar-refractivity contribution in [3.8, 4) is 0 Å². The quantitative estimate of drug-likeness (QED) is 0.432. The molecule has 0 aromatic carbocycles. The number of nitrogens with one attached hydrogen (secondary N) is 1. The van der Waals surface area contributed by atoms with E-state index in [0.29, 0.717) is 6.54 Å². The summed E-state index contributed by atoms with van der Waals surface area (Å²) in [5.41, 5.74) is -0.667. The lowest BCUT2D eigenvalue weighted by Crippen LogP contribution is -2.26. The fourth-order valence-electron chi connectivity index (χ4n) is 0.731. The van der Waals surface area contributed by atoms with E-state index < -0.39 is 5.60 Å². The maximum atomic E-state index is 9.02. The molecule has 2 N–H and O–H groups in total. The minimum Gasteiger partial charge on any atom is -0.389 e. The van der Waals surface area contributed by atoms with Gasteiger partial charge in [0.15, 0.2) is 0 Å². The summed E-state index contributed by atoms with van der Waals surface area (Å²) in [7, 11) is 0. The number of rotatable bonds is 0. The molecular formula is C5H10NO. The molecule has 7 heavy (non-hydrogen) atoms. The summed E-state index contributed by atoms with van der Waals surface area (Å²) >= 11 is 0. The topological polar surface area (TPSA) is 32.3 Å².